The first-order valence-electron chi connectivity index (χ1n) is 8.59. The van der Waals surface area contributed by atoms with Gasteiger partial charge in [-0.1, -0.05) is 0 Å². The normalized spacial score (nSPS) is 23.0. The van der Waals surface area contributed by atoms with E-state index in [-0.39, 0.29) is 18.2 Å². The maximum atomic E-state index is 12.1. The van der Waals surface area contributed by atoms with Gasteiger partial charge in [-0.05, 0) is 44.2 Å². The van der Waals surface area contributed by atoms with Gasteiger partial charge in [-0.15, -0.1) is 0 Å². The Morgan fingerprint density at radius 1 is 1.30 bits per heavy atom. The minimum atomic E-state index is -0.0320. The van der Waals surface area contributed by atoms with Crippen LogP contribution in [0.3, 0.4) is 0 Å². The van der Waals surface area contributed by atoms with E-state index in [1.807, 2.05) is 17.0 Å². The second kappa shape index (κ2) is 8.36. The van der Waals surface area contributed by atoms with E-state index in [9.17, 15) is 4.79 Å². The van der Waals surface area contributed by atoms with Gasteiger partial charge in [-0.2, -0.15) is 0 Å². The Bertz CT molecular complexity index is 463. The molecule has 0 bridgehead atoms. The molecule has 3 heterocycles. The molecular weight excluding hydrogens is 296 g/mol. The van der Waals surface area contributed by atoms with Gasteiger partial charge in [0.1, 0.15) is 5.76 Å². The first-order chi connectivity index (χ1) is 11.3. The quantitative estimate of drug-likeness (QED) is 0.905. The van der Waals surface area contributed by atoms with E-state index in [0.717, 1.165) is 44.7 Å². The number of rotatable bonds is 5. The number of hydrogen-bond donors (Lipinski definition) is 1. The molecule has 1 unspecified atom stereocenters. The van der Waals surface area contributed by atoms with Crippen molar-refractivity contribution in [1.29, 1.82) is 0 Å². The van der Waals surface area contributed by atoms with Gasteiger partial charge in [0.2, 0.25) is 0 Å². The van der Waals surface area contributed by atoms with Crippen molar-refractivity contribution in [1.82, 2.24) is 10.2 Å². The molecule has 6 heteroatoms. The Kier molecular flexibility index (Phi) is 5.93. The van der Waals surface area contributed by atoms with Crippen LogP contribution in [0.4, 0.5) is 4.79 Å². The predicted molar refractivity (Wildman–Crippen MR) is 85.1 cm³/mol. The number of nitrogens with zero attached hydrogens (tertiary/aromatic N) is 1. The van der Waals surface area contributed by atoms with Gasteiger partial charge in [0.25, 0.3) is 0 Å². The van der Waals surface area contributed by atoms with E-state index in [1.165, 1.54) is 12.8 Å². The molecule has 0 saturated carbocycles. The molecule has 2 aliphatic rings. The van der Waals surface area contributed by atoms with Crippen LogP contribution >= 0.6 is 0 Å². The molecule has 0 radical (unpaired) electrons. The van der Waals surface area contributed by atoms with E-state index in [1.54, 1.807) is 6.26 Å². The highest BCUT2D eigenvalue weighted by Crippen LogP contribution is 2.18. The number of amides is 2. The number of carbonyl (C=O) groups excluding carboxylic acids is 1. The van der Waals surface area contributed by atoms with Crippen LogP contribution in [-0.4, -0.2) is 49.4 Å². The minimum absolute atomic E-state index is 0.0320. The minimum Gasteiger partial charge on any atom is -0.467 e. The Labute approximate surface area is 137 Å². The summed E-state index contributed by atoms with van der Waals surface area (Å²) < 4.78 is 16.9. The summed E-state index contributed by atoms with van der Waals surface area (Å²) in [4.78, 5) is 14.0. The Balaban J connectivity index is 1.32. The SMILES string of the molecule is O=C(NCc1ccco1)N1CCC(OCC2CCCCO2)CC1. The van der Waals surface area contributed by atoms with Crippen molar-refractivity contribution in [2.45, 2.75) is 50.9 Å². The van der Waals surface area contributed by atoms with Crippen molar-refractivity contribution in [2.75, 3.05) is 26.3 Å². The topological polar surface area (TPSA) is 63.9 Å². The second-order valence-electron chi connectivity index (χ2n) is 6.25. The van der Waals surface area contributed by atoms with Gasteiger partial charge in [0.05, 0.1) is 31.6 Å². The molecule has 23 heavy (non-hydrogen) atoms. The van der Waals surface area contributed by atoms with Crippen LogP contribution in [0.15, 0.2) is 22.8 Å². The molecule has 2 aliphatic heterocycles. The number of furan rings is 1. The summed E-state index contributed by atoms with van der Waals surface area (Å²) in [5.74, 6) is 0.768. The fourth-order valence-corrected chi connectivity index (χ4v) is 3.10. The molecule has 6 nitrogen and oxygen atoms in total. The molecule has 1 atom stereocenters. The molecule has 2 saturated heterocycles. The smallest absolute Gasteiger partial charge is 0.317 e. The van der Waals surface area contributed by atoms with Crippen LogP contribution in [0.1, 0.15) is 37.9 Å². The van der Waals surface area contributed by atoms with E-state index in [2.05, 4.69) is 5.32 Å². The Hall–Kier alpha value is -1.53. The van der Waals surface area contributed by atoms with Gasteiger partial charge >= 0.3 is 6.03 Å². The monoisotopic (exact) mass is 322 g/mol. The summed E-state index contributed by atoms with van der Waals surface area (Å²) in [6, 6.07) is 3.64. The standard InChI is InChI=1S/C17H26N2O4/c20-17(18-12-15-5-3-11-21-15)19-8-6-14(7-9-19)23-13-16-4-1-2-10-22-16/h3,5,11,14,16H,1-2,4,6-10,12-13H2,(H,18,20). The zero-order valence-electron chi connectivity index (χ0n) is 13.5. The fourth-order valence-electron chi connectivity index (χ4n) is 3.10. The summed E-state index contributed by atoms with van der Waals surface area (Å²) in [7, 11) is 0. The lowest BCUT2D eigenvalue weighted by Crippen LogP contribution is -2.46. The summed E-state index contributed by atoms with van der Waals surface area (Å²) in [5, 5.41) is 2.89. The van der Waals surface area contributed by atoms with Gasteiger partial charge < -0.3 is 24.1 Å². The van der Waals surface area contributed by atoms with E-state index in [0.29, 0.717) is 13.2 Å². The Morgan fingerprint density at radius 3 is 2.87 bits per heavy atom. The van der Waals surface area contributed by atoms with Crippen LogP contribution in [0, 0.1) is 0 Å². The highest BCUT2D eigenvalue weighted by atomic mass is 16.5. The summed E-state index contributed by atoms with van der Waals surface area (Å²) >= 11 is 0. The van der Waals surface area contributed by atoms with E-state index >= 15 is 0 Å². The van der Waals surface area contributed by atoms with Crippen molar-refractivity contribution in [3.05, 3.63) is 24.2 Å². The molecule has 0 aromatic carbocycles. The van der Waals surface area contributed by atoms with Crippen LogP contribution in [0.5, 0.6) is 0 Å². The number of likely N-dealkylation sites (tertiary alicyclic amines) is 1. The lowest BCUT2D eigenvalue weighted by Gasteiger charge is -2.33. The third-order valence-electron chi connectivity index (χ3n) is 4.51. The largest absolute Gasteiger partial charge is 0.467 e. The van der Waals surface area contributed by atoms with Gasteiger partial charge in [0, 0.05) is 19.7 Å². The maximum Gasteiger partial charge on any atom is 0.317 e. The molecular formula is C17H26N2O4. The van der Waals surface area contributed by atoms with Crippen molar-refractivity contribution in [3.8, 4) is 0 Å². The fraction of sp³-hybridized carbons (Fsp3) is 0.706. The lowest BCUT2D eigenvalue weighted by molar-refractivity contribution is -0.0728. The van der Waals surface area contributed by atoms with Crippen LogP contribution in [-0.2, 0) is 16.0 Å². The van der Waals surface area contributed by atoms with Crippen molar-refractivity contribution in [2.24, 2.45) is 0 Å². The van der Waals surface area contributed by atoms with Crippen molar-refractivity contribution in [3.63, 3.8) is 0 Å². The van der Waals surface area contributed by atoms with Gasteiger partial charge in [-0.3, -0.25) is 0 Å². The second-order valence-corrected chi connectivity index (χ2v) is 6.25. The molecule has 1 N–H and O–H groups in total. The average molecular weight is 322 g/mol. The van der Waals surface area contributed by atoms with Gasteiger partial charge in [0.15, 0.2) is 0 Å². The third-order valence-corrected chi connectivity index (χ3v) is 4.51. The maximum absolute atomic E-state index is 12.1. The van der Waals surface area contributed by atoms with Crippen molar-refractivity contribution < 1.29 is 18.7 Å². The summed E-state index contributed by atoms with van der Waals surface area (Å²) in [6.45, 7) is 3.46. The van der Waals surface area contributed by atoms with Crippen molar-refractivity contribution >= 4 is 6.03 Å². The van der Waals surface area contributed by atoms with Crippen LogP contribution < -0.4 is 5.32 Å². The molecule has 2 amide bonds. The summed E-state index contributed by atoms with van der Waals surface area (Å²) in [6.07, 6.45) is 7.41. The number of nitrogens with one attached hydrogen (secondary N) is 1. The van der Waals surface area contributed by atoms with Crippen LogP contribution in [0.25, 0.3) is 0 Å². The molecule has 1 aromatic heterocycles. The molecule has 0 spiro atoms. The zero-order valence-corrected chi connectivity index (χ0v) is 13.5. The third kappa shape index (κ3) is 4.97. The van der Waals surface area contributed by atoms with Gasteiger partial charge in [-0.25, -0.2) is 4.79 Å². The van der Waals surface area contributed by atoms with E-state index < -0.39 is 0 Å². The summed E-state index contributed by atoms with van der Waals surface area (Å²) in [5.41, 5.74) is 0. The molecule has 128 valence electrons. The highest BCUT2D eigenvalue weighted by Gasteiger charge is 2.24. The first kappa shape index (κ1) is 16.3. The van der Waals surface area contributed by atoms with E-state index in [4.69, 9.17) is 13.9 Å². The molecule has 0 aliphatic carbocycles. The molecule has 1 aromatic rings. The average Bonchev–Trinajstić information content (AvgIpc) is 3.13. The molecule has 2 fully saturated rings. The Morgan fingerprint density at radius 2 is 2.17 bits per heavy atom. The zero-order chi connectivity index (χ0) is 15.9. The predicted octanol–water partition coefficient (Wildman–Crippen LogP) is 2.54. The first-order valence-corrected chi connectivity index (χ1v) is 8.59. The lowest BCUT2D eigenvalue weighted by atomic mass is 10.1. The number of hydrogen-bond acceptors (Lipinski definition) is 4. The number of carbonyl (C=O) groups is 1. The number of piperidine rings is 1. The van der Waals surface area contributed by atoms with Crippen LogP contribution in [0.2, 0.25) is 0 Å². The molecule has 3 rings (SSSR count). The highest BCUT2D eigenvalue weighted by molar-refractivity contribution is 5.74. The number of urea groups is 1. The number of ether oxygens (including phenoxy) is 2.